The Kier molecular flexibility index (Phi) is 34.5. The van der Waals surface area contributed by atoms with Gasteiger partial charge in [-0.05, 0) is 12.8 Å². The Balaban J connectivity index is -0.00000129. The number of aliphatic hydroxyl groups is 3. The molecule has 0 aromatic carbocycles. The van der Waals surface area contributed by atoms with Crippen LogP contribution in [-0.4, -0.2) is 138 Å². The highest BCUT2D eigenvalue weighted by Gasteiger charge is 2.27. The van der Waals surface area contributed by atoms with E-state index in [4.69, 9.17) is 0 Å². The van der Waals surface area contributed by atoms with Gasteiger partial charge < -0.3 is 33.4 Å². The van der Waals surface area contributed by atoms with Crippen LogP contribution in [-0.2, 0) is 29.2 Å². The molecule has 0 amide bonds. The molecule has 0 bridgehead atoms. The molecule has 0 fully saturated rings. The summed E-state index contributed by atoms with van der Waals surface area (Å²) in [6, 6.07) is 0. The summed E-state index contributed by atoms with van der Waals surface area (Å²) in [5.74, 6) is 0. The van der Waals surface area contributed by atoms with Crippen molar-refractivity contribution in [1.29, 1.82) is 0 Å². The molecular formula is C31H70N2O11S2. The van der Waals surface area contributed by atoms with E-state index < -0.39 is 20.8 Å². The average molecular weight is 711 g/mol. The first kappa shape index (κ1) is 49.9. The summed E-state index contributed by atoms with van der Waals surface area (Å²) in [6.45, 7) is 7.72. The summed E-state index contributed by atoms with van der Waals surface area (Å²) in [6.07, 6.45) is 23.6. The molecule has 0 saturated carbocycles. The van der Waals surface area contributed by atoms with Crippen LogP contribution < -0.4 is 0 Å². The van der Waals surface area contributed by atoms with Gasteiger partial charge in [0.25, 0.3) is 0 Å². The van der Waals surface area contributed by atoms with E-state index in [9.17, 15) is 41.3 Å². The number of rotatable bonds is 29. The molecule has 0 heterocycles. The molecule has 0 aliphatic carbocycles. The van der Waals surface area contributed by atoms with E-state index in [-0.39, 0.29) is 19.8 Å². The van der Waals surface area contributed by atoms with Gasteiger partial charge in [-0.2, -0.15) is 0 Å². The van der Waals surface area contributed by atoms with Crippen molar-refractivity contribution in [3.05, 3.63) is 0 Å². The zero-order valence-electron chi connectivity index (χ0n) is 29.7. The van der Waals surface area contributed by atoms with Crippen molar-refractivity contribution in [2.75, 3.05) is 87.4 Å². The van der Waals surface area contributed by atoms with E-state index in [1.54, 1.807) is 0 Å². The van der Waals surface area contributed by atoms with Crippen molar-refractivity contribution in [3.63, 3.8) is 0 Å². The molecule has 0 aliphatic heterocycles. The molecule has 0 saturated heterocycles. The molecule has 46 heavy (non-hydrogen) atoms. The van der Waals surface area contributed by atoms with Crippen LogP contribution in [0.3, 0.4) is 0 Å². The van der Waals surface area contributed by atoms with Crippen molar-refractivity contribution in [3.8, 4) is 0 Å². The summed E-state index contributed by atoms with van der Waals surface area (Å²) in [5, 5.41) is 28.3. The Morgan fingerprint density at radius 1 is 0.478 bits per heavy atom. The topological polar surface area (TPSA) is 194 Å². The molecule has 0 aliphatic rings. The van der Waals surface area contributed by atoms with Crippen molar-refractivity contribution in [1.82, 2.24) is 0 Å². The number of hydrogen-bond acceptors (Lipinski definition) is 11. The predicted octanol–water partition coefficient (Wildman–Crippen LogP) is 3.69. The van der Waals surface area contributed by atoms with Crippen molar-refractivity contribution in [2.45, 2.75) is 116 Å². The van der Waals surface area contributed by atoms with E-state index >= 15 is 0 Å². The lowest BCUT2D eigenvalue weighted by atomic mass is 10.0. The molecule has 13 nitrogen and oxygen atoms in total. The van der Waals surface area contributed by atoms with Crippen LogP contribution in [0, 0.1) is 0 Å². The number of aliphatic hydroxyl groups excluding tert-OH is 3. The van der Waals surface area contributed by atoms with Crippen molar-refractivity contribution in [2.24, 2.45) is 0 Å². The third-order valence-corrected chi connectivity index (χ3v) is 8.96. The number of nitrogens with zero attached hydrogens (tertiary/aromatic N) is 2. The van der Waals surface area contributed by atoms with Crippen LogP contribution in [0.15, 0.2) is 0 Å². The maximum absolute atomic E-state index is 9.44. The Hall–Kier alpha value is -0.460. The molecule has 0 radical (unpaired) electrons. The zero-order valence-corrected chi connectivity index (χ0v) is 31.3. The number of hydrogen-bond donors (Lipinski definition) is 3. The van der Waals surface area contributed by atoms with Crippen LogP contribution in [0.1, 0.15) is 116 Å². The highest BCUT2D eigenvalue weighted by molar-refractivity contribution is 7.81. The second-order valence-corrected chi connectivity index (χ2v) is 14.9. The molecule has 3 N–H and O–H groups in total. The van der Waals surface area contributed by atoms with Crippen LogP contribution in [0.5, 0.6) is 0 Å². The summed E-state index contributed by atoms with van der Waals surface area (Å²) in [7, 11) is -2.56. The normalized spacial score (nSPS) is 12.3. The minimum Gasteiger partial charge on any atom is -0.726 e. The van der Waals surface area contributed by atoms with Gasteiger partial charge in [-0.3, -0.25) is 8.37 Å². The van der Waals surface area contributed by atoms with Gasteiger partial charge in [-0.15, -0.1) is 0 Å². The fraction of sp³-hybridized carbons (Fsp3) is 1.00. The van der Waals surface area contributed by atoms with Gasteiger partial charge in [-0.1, -0.05) is 96.8 Å². The second-order valence-electron chi connectivity index (χ2n) is 12.6. The molecule has 282 valence electrons. The van der Waals surface area contributed by atoms with Crippen LogP contribution in [0.2, 0.25) is 0 Å². The van der Waals surface area contributed by atoms with Gasteiger partial charge in [0.15, 0.2) is 0 Å². The molecule has 0 spiro atoms. The largest absolute Gasteiger partial charge is 0.726 e. The third kappa shape index (κ3) is 39.7. The fourth-order valence-corrected chi connectivity index (χ4v) is 5.34. The third-order valence-electron chi connectivity index (χ3n) is 8.14. The lowest BCUT2D eigenvalue weighted by Gasteiger charge is -2.38. The minimum atomic E-state index is -4.41. The summed E-state index contributed by atoms with van der Waals surface area (Å²) in [5.41, 5.74) is 0. The minimum absolute atomic E-state index is 0.109. The Morgan fingerprint density at radius 2 is 0.739 bits per heavy atom. The summed E-state index contributed by atoms with van der Waals surface area (Å²) in [4.78, 5) is 0. The average Bonchev–Trinajstić information content (AvgIpc) is 2.97. The Labute approximate surface area is 282 Å². The molecular weight excluding hydrogens is 640 g/mol. The first-order valence-electron chi connectivity index (χ1n) is 17.1. The van der Waals surface area contributed by atoms with Gasteiger partial charge >= 0.3 is 0 Å². The molecule has 0 aromatic rings. The van der Waals surface area contributed by atoms with Gasteiger partial charge in [0.2, 0.25) is 20.8 Å². The van der Waals surface area contributed by atoms with Gasteiger partial charge in [0.1, 0.15) is 19.6 Å². The standard InChI is InChI=1S/C29H64N2O3.2CH4O4S/c1-4-5-6-7-8-9-10-11-12-13-14-15-16-17-18-19-21-30(2,3)22-20-23-31(24-27-32,25-28-33)26-29-34;2*1-5-6(2,3)4/h32-34H,4-29H2,1-3H3;2*1H3,(H,2,3,4)/q+2;;/p-2. The van der Waals surface area contributed by atoms with E-state index in [0.29, 0.717) is 24.1 Å². The SMILES string of the molecule is CCCCCCCCCCCCCCCCCC[N+](C)(C)CCC[N+](CCO)(CCO)CCO.COS(=O)(=O)[O-].COS(=O)(=O)[O-]. The highest BCUT2D eigenvalue weighted by atomic mass is 32.3. The molecule has 0 unspecified atom stereocenters. The first-order chi connectivity index (χ1) is 21.6. The van der Waals surface area contributed by atoms with Gasteiger partial charge in [0, 0.05) is 6.42 Å². The summed E-state index contributed by atoms with van der Waals surface area (Å²) < 4.78 is 63.7. The van der Waals surface area contributed by atoms with Gasteiger partial charge in [-0.25, -0.2) is 16.8 Å². The maximum Gasteiger partial charge on any atom is 0.217 e. The van der Waals surface area contributed by atoms with E-state index in [2.05, 4.69) is 29.4 Å². The van der Waals surface area contributed by atoms with Crippen molar-refractivity contribution < 1.29 is 58.6 Å². The number of unbranched alkanes of at least 4 members (excludes halogenated alkanes) is 15. The Morgan fingerprint density at radius 3 is 1.00 bits per heavy atom. The zero-order chi connectivity index (χ0) is 35.8. The predicted molar refractivity (Wildman–Crippen MR) is 180 cm³/mol. The fourth-order valence-electron chi connectivity index (χ4n) is 5.34. The Bertz CT molecular complexity index is 810. The molecule has 15 heteroatoms. The maximum atomic E-state index is 9.44. The smallest absolute Gasteiger partial charge is 0.217 e. The first-order valence-corrected chi connectivity index (χ1v) is 19.8. The molecule has 0 rings (SSSR count). The van der Waals surface area contributed by atoms with Crippen LogP contribution >= 0.6 is 0 Å². The quantitative estimate of drug-likeness (QED) is 0.0444. The monoisotopic (exact) mass is 710 g/mol. The van der Waals surface area contributed by atoms with Crippen LogP contribution in [0.25, 0.3) is 0 Å². The highest BCUT2D eigenvalue weighted by Crippen LogP contribution is 2.15. The van der Waals surface area contributed by atoms with E-state index in [1.165, 1.54) is 109 Å². The second kappa shape index (κ2) is 31.8. The van der Waals surface area contributed by atoms with E-state index in [1.807, 2.05) is 0 Å². The summed E-state index contributed by atoms with van der Waals surface area (Å²) >= 11 is 0. The molecule has 0 atom stereocenters. The molecule has 0 aromatic heterocycles. The van der Waals surface area contributed by atoms with E-state index in [0.717, 1.165) is 38.2 Å². The lowest BCUT2D eigenvalue weighted by Crippen LogP contribution is -2.55. The lowest BCUT2D eigenvalue weighted by molar-refractivity contribution is -0.936. The number of quaternary nitrogens is 2. The van der Waals surface area contributed by atoms with Crippen molar-refractivity contribution >= 4 is 20.8 Å². The van der Waals surface area contributed by atoms with Gasteiger partial charge in [0.05, 0.1) is 67.8 Å². The van der Waals surface area contributed by atoms with Crippen LogP contribution in [0.4, 0.5) is 0 Å².